The van der Waals surface area contributed by atoms with E-state index in [4.69, 9.17) is 0 Å². The predicted octanol–water partition coefficient (Wildman–Crippen LogP) is 4.76. The van der Waals surface area contributed by atoms with Crippen LogP contribution in [0, 0.1) is 11.8 Å². The summed E-state index contributed by atoms with van der Waals surface area (Å²) in [6, 6.07) is 0. The van der Waals surface area contributed by atoms with E-state index in [0.717, 1.165) is 9.42 Å². The Morgan fingerprint density at radius 3 is 2.33 bits per heavy atom. The molecule has 0 heterocycles. The van der Waals surface area contributed by atoms with Crippen molar-refractivity contribution in [1.82, 2.24) is 0 Å². The van der Waals surface area contributed by atoms with Crippen molar-refractivity contribution in [2.45, 2.75) is 27.7 Å². The van der Waals surface area contributed by atoms with Crippen molar-refractivity contribution < 1.29 is 0 Å². The second-order valence-corrected chi connectivity index (χ2v) is 4.99. The van der Waals surface area contributed by atoms with Gasteiger partial charge >= 0.3 is 0 Å². The number of rotatable bonds is 5. The summed E-state index contributed by atoms with van der Waals surface area (Å²) in [6.07, 6.45) is 8.09. The molecule has 0 aromatic carbocycles. The monoisotopic (exact) mass is 317 g/mol. The molecule has 0 spiro atoms. The predicted molar refractivity (Wildman–Crippen MR) is 78.6 cm³/mol. The highest BCUT2D eigenvalue weighted by atomic mass is 127. The molecule has 0 amide bonds. The van der Waals surface area contributed by atoms with Gasteiger partial charge in [0.1, 0.15) is 3.72 Å². The summed E-state index contributed by atoms with van der Waals surface area (Å²) in [5.74, 6) is 1.25. The third-order valence-electron chi connectivity index (χ3n) is 2.20. The standard InChI is InChI=1S/C13H20IN/c1-6-7-12(5)15-13(14)9-8-11(4)10(2)3/h6-11H,5H2,1-4H3/b7-6-,9-8-,15-13?/t11-/m0/s1. The van der Waals surface area contributed by atoms with Crippen LogP contribution in [0.3, 0.4) is 0 Å². The zero-order valence-corrected chi connectivity index (χ0v) is 12.2. The smallest absolute Gasteiger partial charge is 0.101 e. The van der Waals surface area contributed by atoms with E-state index in [1.54, 1.807) is 0 Å². The maximum atomic E-state index is 4.33. The molecule has 0 bridgehead atoms. The zero-order valence-electron chi connectivity index (χ0n) is 10.00. The molecule has 1 atom stereocenters. The molecular weight excluding hydrogens is 297 g/mol. The quantitative estimate of drug-likeness (QED) is 0.394. The third-order valence-corrected chi connectivity index (χ3v) is 2.80. The van der Waals surface area contributed by atoms with Crippen LogP contribution in [0.2, 0.25) is 0 Å². The first-order valence-corrected chi connectivity index (χ1v) is 6.29. The van der Waals surface area contributed by atoms with Crippen LogP contribution in [-0.4, -0.2) is 3.72 Å². The SMILES string of the molecule is C=C(/C=C\C)N=C(I)/C=C\[C@H](C)C(C)C. The van der Waals surface area contributed by atoms with Gasteiger partial charge in [0.15, 0.2) is 0 Å². The van der Waals surface area contributed by atoms with Gasteiger partial charge in [-0.3, -0.25) is 0 Å². The van der Waals surface area contributed by atoms with Crippen LogP contribution >= 0.6 is 22.6 Å². The van der Waals surface area contributed by atoms with Crippen molar-refractivity contribution in [2.24, 2.45) is 16.8 Å². The third kappa shape index (κ3) is 7.54. The lowest BCUT2D eigenvalue weighted by Gasteiger charge is -2.08. The van der Waals surface area contributed by atoms with E-state index in [2.05, 4.69) is 67.1 Å². The van der Waals surface area contributed by atoms with E-state index in [0.29, 0.717) is 11.8 Å². The molecule has 0 aromatic heterocycles. The molecule has 0 aliphatic rings. The van der Waals surface area contributed by atoms with Gasteiger partial charge in [-0.05, 0) is 53.5 Å². The zero-order chi connectivity index (χ0) is 11.8. The van der Waals surface area contributed by atoms with Gasteiger partial charge in [-0.2, -0.15) is 0 Å². The average Bonchev–Trinajstić information content (AvgIpc) is 2.14. The van der Waals surface area contributed by atoms with E-state index < -0.39 is 0 Å². The number of allylic oxidation sites excluding steroid dienone is 4. The Bertz CT molecular complexity index is 285. The Kier molecular flexibility index (Phi) is 7.65. The highest BCUT2D eigenvalue weighted by Gasteiger charge is 2.01. The molecule has 0 aliphatic heterocycles. The van der Waals surface area contributed by atoms with Crippen LogP contribution in [0.5, 0.6) is 0 Å². The minimum absolute atomic E-state index is 0.583. The van der Waals surface area contributed by atoms with Crippen molar-refractivity contribution in [1.29, 1.82) is 0 Å². The molecule has 15 heavy (non-hydrogen) atoms. The maximum absolute atomic E-state index is 4.33. The minimum atomic E-state index is 0.583. The second-order valence-electron chi connectivity index (χ2n) is 3.89. The maximum Gasteiger partial charge on any atom is 0.101 e. The van der Waals surface area contributed by atoms with Crippen molar-refractivity contribution in [3.8, 4) is 0 Å². The Morgan fingerprint density at radius 2 is 1.87 bits per heavy atom. The summed E-state index contributed by atoms with van der Waals surface area (Å²) in [4.78, 5) is 4.33. The van der Waals surface area contributed by atoms with E-state index in [1.165, 1.54) is 0 Å². The first kappa shape index (κ1) is 14.6. The summed E-state index contributed by atoms with van der Waals surface area (Å²) in [5, 5.41) is 0. The molecule has 0 fully saturated rings. The first-order chi connectivity index (χ1) is 6.97. The molecule has 0 aromatic rings. The van der Waals surface area contributed by atoms with Crippen LogP contribution in [0.15, 0.2) is 41.6 Å². The van der Waals surface area contributed by atoms with Crippen molar-refractivity contribution in [3.63, 3.8) is 0 Å². The molecule has 0 radical (unpaired) electrons. The van der Waals surface area contributed by atoms with Gasteiger partial charge in [0, 0.05) is 0 Å². The molecule has 2 heteroatoms. The summed E-state index contributed by atoms with van der Waals surface area (Å²) in [6.45, 7) is 12.5. The molecule has 0 unspecified atom stereocenters. The van der Waals surface area contributed by atoms with Gasteiger partial charge in [-0.15, -0.1) is 0 Å². The summed E-state index contributed by atoms with van der Waals surface area (Å²) >= 11 is 2.22. The Morgan fingerprint density at radius 1 is 1.27 bits per heavy atom. The summed E-state index contributed by atoms with van der Waals surface area (Å²) in [5.41, 5.74) is 0.795. The highest BCUT2D eigenvalue weighted by molar-refractivity contribution is 14.1. The number of hydrogen-bond donors (Lipinski definition) is 0. The lowest BCUT2D eigenvalue weighted by molar-refractivity contribution is 0.504. The molecule has 0 N–H and O–H groups in total. The minimum Gasteiger partial charge on any atom is -0.243 e. The molecular formula is C13H20IN. The lowest BCUT2D eigenvalue weighted by Crippen LogP contribution is -1.99. The molecule has 0 rings (SSSR count). The van der Waals surface area contributed by atoms with E-state index >= 15 is 0 Å². The van der Waals surface area contributed by atoms with Crippen molar-refractivity contribution >= 4 is 26.3 Å². The highest BCUT2D eigenvalue weighted by Crippen LogP contribution is 2.12. The normalized spacial score (nSPS) is 15.5. The fraction of sp³-hybridized carbons (Fsp3) is 0.462. The lowest BCUT2D eigenvalue weighted by atomic mass is 9.98. The van der Waals surface area contributed by atoms with E-state index in [9.17, 15) is 0 Å². The number of halogens is 1. The first-order valence-electron chi connectivity index (χ1n) is 5.21. The van der Waals surface area contributed by atoms with Crippen molar-refractivity contribution in [2.75, 3.05) is 0 Å². The van der Waals surface area contributed by atoms with Crippen LogP contribution in [0.4, 0.5) is 0 Å². The van der Waals surface area contributed by atoms with Crippen LogP contribution < -0.4 is 0 Å². The average molecular weight is 317 g/mol. The van der Waals surface area contributed by atoms with E-state index in [-0.39, 0.29) is 0 Å². The Hall–Kier alpha value is -0.380. The summed E-state index contributed by atoms with van der Waals surface area (Å²) < 4.78 is 0.975. The second kappa shape index (κ2) is 7.85. The van der Waals surface area contributed by atoms with Gasteiger partial charge in [-0.1, -0.05) is 39.5 Å². The van der Waals surface area contributed by atoms with Gasteiger partial charge in [0.05, 0.1) is 5.70 Å². The Balaban J connectivity index is 4.35. The number of nitrogens with zero attached hydrogens (tertiary/aromatic N) is 1. The van der Waals surface area contributed by atoms with E-state index in [1.807, 2.05) is 19.1 Å². The molecule has 0 saturated carbocycles. The van der Waals surface area contributed by atoms with Crippen LogP contribution in [0.25, 0.3) is 0 Å². The molecule has 0 aliphatic carbocycles. The van der Waals surface area contributed by atoms with Crippen molar-refractivity contribution in [3.05, 3.63) is 36.6 Å². The van der Waals surface area contributed by atoms with Gasteiger partial charge in [0.2, 0.25) is 0 Å². The van der Waals surface area contributed by atoms with Crippen LogP contribution in [-0.2, 0) is 0 Å². The Labute approximate surface area is 107 Å². The van der Waals surface area contributed by atoms with Crippen LogP contribution in [0.1, 0.15) is 27.7 Å². The van der Waals surface area contributed by atoms with Gasteiger partial charge in [-0.25, -0.2) is 4.99 Å². The fourth-order valence-corrected chi connectivity index (χ4v) is 1.37. The number of hydrogen-bond acceptors (Lipinski definition) is 1. The topological polar surface area (TPSA) is 12.4 Å². The largest absolute Gasteiger partial charge is 0.243 e. The summed E-state index contributed by atoms with van der Waals surface area (Å²) in [7, 11) is 0. The molecule has 84 valence electrons. The number of aliphatic imine (C=N–C) groups is 1. The fourth-order valence-electron chi connectivity index (χ4n) is 0.858. The molecule has 0 saturated heterocycles. The molecule has 1 nitrogen and oxygen atoms in total. The van der Waals surface area contributed by atoms with Gasteiger partial charge < -0.3 is 0 Å². The van der Waals surface area contributed by atoms with Gasteiger partial charge in [0.25, 0.3) is 0 Å².